The molecule has 0 aliphatic carbocycles. The summed E-state index contributed by atoms with van der Waals surface area (Å²) in [6.45, 7) is 1.55. The number of halogens is 1. The Hall–Kier alpha value is -1.42. The average molecular weight is 267 g/mol. The summed E-state index contributed by atoms with van der Waals surface area (Å²) in [5, 5.41) is 10.6. The molecule has 0 radical (unpaired) electrons. The van der Waals surface area contributed by atoms with E-state index in [2.05, 4.69) is 0 Å². The first-order valence-corrected chi connectivity index (χ1v) is 6.66. The molecule has 0 aliphatic rings. The van der Waals surface area contributed by atoms with Gasteiger partial charge in [0.15, 0.2) is 5.60 Å². The van der Waals surface area contributed by atoms with Crippen molar-refractivity contribution in [1.29, 1.82) is 0 Å². The van der Waals surface area contributed by atoms with E-state index in [1.54, 1.807) is 31.2 Å². The maximum absolute atomic E-state index is 12.1. The second kappa shape index (κ2) is 7.89. The lowest BCUT2D eigenvalue weighted by Crippen LogP contribution is -2.37. The number of carbonyl (C=O) groups excluding carboxylic acids is 1. The molecule has 1 aromatic rings. The van der Waals surface area contributed by atoms with Gasteiger partial charge in [0.05, 0.1) is 13.3 Å². The predicted octanol–water partition coefficient (Wildman–Crippen LogP) is 2.97. The van der Waals surface area contributed by atoms with Crippen molar-refractivity contribution < 1.29 is 19.0 Å². The van der Waals surface area contributed by atoms with E-state index in [1.807, 2.05) is 6.07 Å². The van der Waals surface area contributed by atoms with Crippen LogP contribution in [0.25, 0.3) is 0 Å². The Morgan fingerprint density at radius 3 is 2.53 bits per heavy atom. The van der Waals surface area contributed by atoms with Gasteiger partial charge in [0.1, 0.15) is 0 Å². The van der Waals surface area contributed by atoms with Gasteiger partial charge in [0.2, 0.25) is 0 Å². The maximum Gasteiger partial charge on any atom is 0.342 e. The molecule has 0 amide bonds. The van der Waals surface area contributed by atoms with Gasteiger partial charge in [-0.05, 0) is 31.7 Å². The Bertz CT molecular complexity index is 380. The zero-order valence-electron chi connectivity index (χ0n) is 11.3. The van der Waals surface area contributed by atoms with Gasteiger partial charge in [-0.25, -0.2) is 4.79 Å². The Morgan fingerprint density at radius 1 is 1.26 bits per heavy atom. The van der Waals surface area contributed by atoms with Crippen LogP contribution in [-0.4, -0.2) is 24.4 Å². The van der Waals surface area contributed by atoms with Gasteiger partial charge in [-0.3, -0.25) is 4.39 Å². The third-order valence-corrected chi connectivity index (χ3v) is 3.04. The van der Waals surface area contributed by atoms with Crippen LogP contribution in [0.5, 0.6) is 0 Å². The molecular formula is C15H21FO3. The van der Waals surface area contributed by atoms with Crippen LogP contribution in [-0.2, 0) is 15.1 Å². The third-order valence-electron chi connectivity index (χ3n) is 3.04. The van der Waals surface area contributed by atoms with Crippen molar-refractivity contribution in [3.63, 3.8) is 0 Å². The molecule has 0 saturated heterocycles. The Kier molecular flexibility index (Phi) is 6.50. The monoisotopic (exact) mass is 267 g/mol. The zero-order chi connectivity index (χ0) is 14.1. The first-order chi connectivity index (χ1) is 9.15. The number of esters is 1. The molecule has 1 atom stereocenters. The molecule has 0 fully saturated rings. The molecule has 0 saturated carbocycles. The SMILES string of the molecule is CCOC(=O)[C@](O)(CCCCC[18F])c1ccccc1. The van der Waals surface area contributed by atoms with Gasteiger partial charge in [0.25, 0.3) is 0 Å². The smallest absolute Gasteiger partial charge is 0.342 e. The highest BCUT2D eigenvalue weighted by Crippen LogP contribution is 2.29. The normalized spacial score (nSPS) is 13.8. The van der Waals surface area contributed by atoms with Crippen molar-refractivity contribution in [2.45, 2.75) is 38.2 Å². The summed E-state index contributed by atoms with van der Waals surface area (Å²) in [4.78, 5) is 12.0. The lowest BCUT2D eigenvalue weighted by atomic mass is 9.88. The van der Waals surface area contributed by atoms with Crippen molar-refractivity contribution in [1.82, 2.24) is 0 Å². The quantitative estimate of drug-likeness (QED) is 0.582. The molecule has 0 heterocycles. The molecule has 0 bridgehead atoms. The van der Waals surface area contributed by atoms with Gasteiger partial charge in [0, 0.05) is 0 Å². The second-order valence-electron chi connectivity index (χ2n) is 4.45. The summed E-state index contributed by atoms with van der Waals surface area (Å²) in [5.41, 5.74) is -1.11. The van der Waals surface area contributed by atoms with Crippen LogP contribution in [0, 0.1) is 0 Å². The first kappa shape index (κ1) is 15.6. The third kappa shape index (κ3) is 4.31. The first-order valence-electron chi connectivity index (χ1n) is 6.66. The van der Waals surface area contributed by atoms with Gasteiger partial charge < -0.3 is 9.84 Å². The molecule has 0 aromatic heterocycles. The predicted molar refractivity (Wildman–Crippen MR) is 71.4 cm³/mol. The number of aliphatic hydroxyl groups is 1. The van der Waals surface area contributed by atoms with E-state index >= 15 is 0 Å². The zero-order valence-corrected chi connectivity index (χ0v) is 11.3. The Labute approximate surface area is 113 Å². The largest absolute Gasteiger partial charge is 0.464 e. The molecule has 1 N–H and O–H groups in total. The van der Waals surface area contributed by atoms with Gasteiger partial charge in [-0.2, -0.15) is 0 Å². The summed E-state index contributed by atoms with van der Waals surface area (Å²) >= 11 is 0. The minimum atomic E-state index is -1.63. The molecule has 106 valence electrons. The molecule has 1 rings (SSSR count). The lowest BCUT2D eigenvalue weighted by Gasteiger charge is -2.26. The van der Waals surface area contributed by atoms with Gasteiger partial charge in [-0.1, -0.05) is 36.8 Å². The number of hydrogen-bond acceptors (Lipinski definition) is 3. The molecular weight excluding hydrogens is 246 g/mol. The maximum atomic E-state index is 12.1. The summed E-state index contributed by atoms with van der Waals surface area (Å²) in [7, 11) is 0. The van der Waals surface area contributed by atoms with Crippen LogP contribution < -0.4 is 0 Å². The topological polar surface area (TPSA) is 46.5 Å². The number of alkyl halides is 1. The van der Waals surface area contributed by atoms with E-state index in [9.17, 15) is 14.3 Å². The fourth-order valence-corrected chi connectivity index (χ4v) is 1.98. The van der Waals surface area contributed by atoms with Crippen LogP contribution >= 0.6 is 0 Å². The van der Waals surface area contributed by atoms with Gasteiger partial charge >= 0.3 is 5.97 Å². The standard InChI is InChI=1S/C15H21FO3/c1-2-19-14(17)15(18,11-7-4-8-12-16)13-9-5-3-6-10-13/h3,5-6,9-10,18H,2,4,7-8,11-12H2,1H3/t15-/m0/s1/i16-1. The van der Waals surface area contributed by atoms with Crippen LogP contribution in [0.15, 0.2) is 30.3 Å². The minimum Gasteiger partial charge on any atom is -0.464 e. The van der Waals surface area contributed by atoms with Gasteiger partial charge in [-0.15, -0.1) is 0 Å². The second-order valence-corrected chi connectivity index (χ2v) is 4.45. The molecule has 19 heavy (non-hydrogen) atoms. The molecule has 3 nitrogen and oxygen atoms in total. The minimum absolute atomic E-state index is 0.221. The number of rotatable bonds is 8. The van der Waals surface area contributed by atoms with Crippen molar-refractivity contribution in [3.05, 3.63) is 35.9 Å². The lowest BCUT2D eigenvalue weighted by molar-refractivity contribution is -0.167. The van der Waals surface area contributed by atoms with E-state index in [-0.39, 0.29) is 19.7 Å². The fourth-order valence-electron chi connectivity index (χ4n) is 1.98. The molecule has 0 unspecified atom stereocenters. The van der Waals surface area contributed by atoms with E-state index < -0.39 is 11.6 Å². The number of ether oxygens (including phenoxy) is 1. The van der Waals surface area contributed by atoms with E-state index in [0.29, 0.717) is 24.8 Å². The fraction of sp³-hybridized carbons (Fsp3) is 0.533. The molecule has 4 heteroatoms. The van der Waals surface area contributed by atoms with Crippen molar-refractivity contribution in [2.24, 2.45) is 0 Å². The highest BCUT2D eigenvalue weighted by atomic mass is 18.2. The van der Waals surface area contributed by atoms with E-state index in [4.69, 9.17) is 4.74 Å². The van der Waals surface area contributed by atoms with E-state index in [1.165, 1.54) is 0 Å². The Morgan fingerprint density at radius 2 is 1.95 bits per heavy atom. The van der Waals surface area contributed by atoms with Crippen LogP contribution in [0.2, 0.25) is 0 Å². The average Bonchev–Trinajstić information content (AvgIpc) is 2.44. The molecule has 1 aromatic carbocycles. The van der Waals surface area contributed by atoms with Crippen LogP contribution in [0.4, 0.5) is 4.39 Å². The van der Waals surface area contributed by atoms with Crippen molar-refractivity contribution in [2.75, 3.05) is 13.3 Å². The molecule has 0 spiro atoms. The summed E-state index contributed by atoms with van der Waals surface area (Å²) in [5.74, 6) is -0.638. The van der Waals surface area contributed by atoms with Crippen LogP contribution in [0.3, 0.4) is 0 Å². The number of hydrogen-bond donors (Lipinski definition) is 1. The highest BCUT2D eigenvalue weighted by Gasteiger charge is 2.38. The van der Waals surface area contributed by atoms with Crippen LogP contribution in [0.1, 0.15) is 38.2 Å². The summed E-state index contributed by atoms with van der Waals surface area (Å²) in [6, 6.07) is 8.75. The molecule has 0 aliphatic heterocycles. The van der Waals surface area contributed by atoms with Crippen molar-refractivity contribution in [3.8, 4) is 0 Å². The number of carbonyl (C=O) groups is 1. The van der Waals surface area contributed by atoms with Crippen molar-refractivity contribution >= 4 is 5.97 Å². The summed E-state index contributed by atoms with van der Waals surface area (Å²) < 4.78 is 17.0. The number of benzene rings is 1. The highest BCUT2D eigenvalue weighted by molar-refractivity contribution is 5.81. The van der Waals surface area contributed by atoms with E-state index in [0.717, 1.165) is 0 Å². The Balaban J connectivity index is 2.81. The number of unbranched alkanes of at least 4 members (excludes halogenated alkanes) is 2. The summed E-state index contributed by atoms with van der Waals surface area (Å²) in [6.07, 6.45) is 1.92.